The fourth-order valence-electron chi connectivity index (χ4n) is 2.95. The zero-order valence-corrected chi connectivity index (χ0v) is 15.8. The van der Waals surface area contributed by atoms with E-state index >= 15 is 0 Å². The Labute approximate surface area is 151 Å². The molecule has 4 nitrogen and oxygen atoms in total. The molecule has 1 heterocycles. The third kappa shape index (κ3) is 6.04. The van der Waals surface area contributed by atoms with Crippen molar-refractivity contribution in [2.24, 2.45) is 0 Å². The van der Waals surface area contributed by atoms with Crippen molar-refractivity contribution in [3.05, 3.63) is 30.3 Å². The Kier molecular flexibility index (Phi) is 7.71. The van der Waals surface area contributed by atoms with Gasteiger partial charge in [0, 0.05) is 32.0 Å². The fourth-order valence-corrected chi connectivity index (χ4v) is 2.95. The molecule has 0 saturated heterocycles. The second-order valence-electron chi connectivity index (χ2n) is 6.86. The van der Waals surface area contributed by atoms with Crippen molar-refractivity contribution in [2.45, 2.75) is 58.3 Å². The molecule has 1 amide bonds. The third-order valence-corrected chi connectivity index (χ3v) is 4.44. The molecule has 0 unspecified atom stereocenters. The number of benzene rings is 1. The first-order valence-electron chi connectivity index (χ1n) is 9.48. The number of carbonyl (C=O) groups is 1. The molecule has 2 rings (SSSR count). The minimum atomic E-state index is 0.0922. The van der Waals surface area contributed by atoms with Gasteiger partial charge in [0.15, 0.2) is 0 Å². The molecule has 1 aromatic carbocycles. The maximum Gasteiger partial charge on any atom is 0.224 e. The molecule has 1 N–H and O–H groups in total. The lowest BCUT2D eigenvalue weighted by atomic mass is 10.1. The van der Waals surface area contributed by atoms with Crippen LogP contribution in [0.15, 0.2) is 30.3 Å². The number of pyridine rings is 1. The second kappa shape index (κ2) is 10.0. The summed E-state index contributed by atoms with van der Waals surface area (Å²) in [6, 6.07) is 9.88. The van der Waals surface area contributed by atoms with Crippen LogP contribution in [0.3, 0.4) is 0 Å². The molecule has 25 heavy (non-hydrogen) atoms. The summed E-state index contributed by atoms with van der Waals surface area (Å²) in [5, 5.41) is 4.07. The molecule has 0 fully saturated rings. The fraction of sp³-hybridized carbons (Fsp3) is 0.524. The van der Waals surface area contributed by atoms with Gasteiger partial charge in [-0.05, 0) is 12.5 Å². The van der Waals surface area contributed by atoms with Crippen molar-refractivity contribution in [1.82, 2.24) is 4.98 Å². The van der Waals surface area contributed by atoms with Crippen LogP contribution in [0.2, 0.25) is 0 Å². The molecule has 0 radical (unpaired) electrons. The number of amides is 1. The van der Waals surface area contributed by atoms with E-state index in [9.17, 15) is 4.79 Å². The van der Waals surface area contributed by atoms with Gasteiger partial charge in [-0.3, -0.25) is 4.79 Å². The quantitative estimate of drug-likeness (QED) is 0.590. The summed E-state index contributed by atoms with van der Waals surface area (Å²) in [5.41, 5.74) is 1.75. The van der Waals surface area contributed by atoms with Crippen LogP contribution in [0.4, 0.5) is 11.5 Å². The number of rotatable bonds is 10. The van der Waals surface area contributed by atoms with E-state index in [0.29, 0.717) is 6.42 Å². The van der Waals surface area contributed by atoms with Crippen LogP contribution < -0.4 is 10.2 Å². The first-order chi connectivity index (χ1) is 12.1. The van der Waals surface area contributed by atoms with Gasteiger partial charge >= 0.3 is 0 Å². The van der Waals surface area contributed by atoms with Crippen molar-refractivity contribution in [2.75, 3.05) is 24.3 Å². The molecule has 0 saturated carbocycles. The number of aromatic nitrogens is 1. The van der Waals surface area contributed by atoms with Gasteiger partial charge in [0.1, 0.15) is 5.82 Å². The van der Waals surface area contributed by atoms with Crippen LogP contribution in [0.25, 0.3) is 10.9 Å². The highest BCUT2D eigenvalue weighted by Crippen LogP contribution is 2.26. The average Bonchev–Trinajstić information content (AvgIpc) is 2.60. The standard InChI is InChI=1S/C21H31N3O/c1-4-5-6-7-8-9-10-15-21(25)23-19-16-20(24(2)3)22-18-14-12-11-13-17(18)19/h11-14,16H,4-10,15H2,1-3H3,(H,22,23,25). The first-order valence-corrected chi connectivity index (χ1v) is 9.48. The number of para-hydroxylation sites is 1. The van der Waals surface area contributed by atoms with Crippen molar-refractivity contribution in [3.8, 4) is 0 Å². The van der Waals surface area contributed by atoms with Gasteiger partial charge < -0.3 is 10.2 Å². The minimum absolute atomic E-state index is 0.0922. The summed E-state index contributed by atoms with van der Waals surface area (Å²) in [6.45, 7) is 2.23. The van der Waals surface area contributed by atoms with Crippen molar-refractivity contribution in [3.63, 3.8) is 0 Å². The average molecular weight is 341 g/mol. The smallest absolute Gasteiger partial charge is 0.224 e. The molecule has 0 atom stereocenters. The predicted octanol–water partition coefficient (Wildman–Crippen LogP) is 5.38. The van der Waals surface area contributed by atoms with E-state index in [4.69, 9.17) is 0 Å². The zero-order valence-electron chi connectivity index (χ0n) is 15.8. The minimum Gasteiger partial charge on any atom is -0.363 e. The molecular weight excluding hydrogens is 310 g/mol. The van der Waals surface area contributed by atoms with Crippen LogP contribution in [-0.2, 0) is 4.79 Å². The SMILES string of the molecule is CCCCCCCCCC(=O)Nc1cc(N(C)C)nc2ccccc12. The zero-order chi connectivity index (χ0) is 18.1. The summed E-state index contributed by atoms with van der Waals surface area (Å²) in [7, 11) is 3.92. The number of hydrogen-bond donors (Lipinski definition) is 1. The Balaban J connectivity index is 1.91. The maximum atomic E-state index is 12.3. The Hall–Kier alpha value is -2.10. The van der Waals surface area contributed by atoms with E-state index in [1.54, 1.807) is 0 Å². The van der Waals surface area contributed by atoms with Gasteiger partial charge in [0.2, 0.25) is 5.91 Å². The molecule has 4 heteroatoms. The third-order valence-electron chi connectivity index (χ3n) is 4.44. The Morgan fingerprint density at radius 1 is 1.04 bits per heavy atom. The predicted molar refractivity (Wildman–Crippen MR) is 107 cm³/mol. The van der Waals surface area contributed by atoms with Crippen molar-refractivity contribution in [1.29, 1.82) is 0 Å². The number of nitrogens with one attached hydrogen (secondary N) is 1. The molecule has 0 aliphatic rings. The van der Waals surface area contributed by atoms with E-state index in [1.807, 2.05) is 49.3 Å². The lowest BCUT2D eigenvalue weighted by molar-refractivity contribution is -0.116. The number of anilines is 2. The van der Waals surface area contributed by atoms with Gasteiger partial charge in [0.25, 0.3) is 0 Å². The van der Waals surface area contributed by atoms with Crippen LogP contribution >= 0.6 is 0 Å². The van der Waals surface area contributed by atoms with Crippen LogP contribution in [0, 0.1) is 0 Å². The largest absolute Gasteiger partial charge is 0.363 e. The van der Waals surface area contributed by atoms with Crippen LogP contribution in [0.5, 0.6) is 0 Å². The lowest BCUT2D eigenvalue weighted by Crippen LogP contribution is -2.14. The van der Waals surface area contributed by atoms with E-state index in [-0.39, 0.29) is 5.91 Å². The summed E-state index contributed by atoms with van der Waals surface area (Å²) >= 11 is 0. The summed E-state index contributed by atoms with van der Waals surface area (Å²) < 4.78 is 0. The summed E-state index contributed by atoms with van der Waals surface area (Å²) in [6.07, 6.45) is 9.12. The van der Waals surface area contributed by atoms with Gasteiger partial charge in [-0.1, -0.05) is 63.6 Å². The molecule has 1 aromatic heterocycles. The van der Waals surface area contributed by atoms with Gasteiger partial charge in [-0.25, -0.2) is 4.98 Å². The van der Waals surface area contributed by atoms with Gasteiger partial charge in [-0.15, -0.1) is 0 Å². The second-order valence-corrected chi connectivity index (χ2v) is 6.86. The van der Waals surface area contributed by atoms with E-state index in [2.05, 4.69) is 17.2 Å². The Morgan fingerprint density at radius 3 is 2.44 bits per heavy atom. The molecule has 2 aromatic rings. The highest BCUT2D eigenvalue weighted by molar-refractivity contribution is 6.01. The normalized spacial score (nSPS) is 10.8. The Bertz CT molecular complexity index is 682. The highest BCUT2D eigenvalue weighted by Gasteiger charge is 2.10. The number of carbonyl (C=O) groups excluding carboxylic acids is 1. The monoisotopic (exact) mass is 341 g/mol. The van der Waals surface area contributed by atoms with E-state index in [1.165, 1.54) is 32.1 Å². The van der Waals surface area contributed by atoms with E-state index in [0.717, 1.165) is 35.2 Å². The number of unbranched alkanes of at least 4 members (excludes halogenated alkanes) is 6. The maximum absolute atomic E-state index is 12.3. The van der Waals surface area contributed by atoms with Gasteiger partial charge in [0.05, 0.1) is 11.2 Å². The lowest BCUT2D eigenvalue weighted by Gasteiger charge is -2.15. The van der Waals surface area contributed by atoms with Gasteiger partial charge in [-0.2, -0.15) is 0 Å². The van der Waals surface area contributed by atoms with E-state index < -0.39 is 0 Å². The Morgan fingerprint density at radius 2 is 1.72 bits per heavy atom. The molecule has 0 spiro atoms. The molecule has 136 valence electrons. The number of hydrogen-bond acceptors (Lipinski definition) is 3. The molecule has 0 aliphatic heterocycles. The molecular formula is C21H31N3O. The van der Waals surface area contributed by atoms with Crippen LogP contribution in [0.1, 0.15) is 58.3 Å². The topological polar surface area (TPSA) is 45.2 Å². The van der Waals surface area contributed by atoms with Crippen LogP contribution in [-0.4, -0.2) is 25.0 Å². The van der Waals surface area contributed by atoms with Crippen molar-refractivity contribution >= 4 is 28.3 Å². The first kappa shape index (κ1) is 19.2. The molecule has 0 aliphatic carbocycles. The summed E-state index contributed by atoms with van der Waals surface area (Å²) in [5.74, 6) is 0.944. The summed E-state index contributed by atoms with van der Waals surface area (Å²) in [4.78, 5) is 18.9. The van der Waals surface area contributed by atoms with Crippen molar-refractivity contribution < 1.29 is 4.79 Å². The molecule has 0 bridgehead atoms. The number of nitrogens with zero attached hydrogens (tertiary/aromatic N) is 2. The number of fused-ring (bicyclic) bond motifs is 1. The highest BCUT2D eigenvalue weighted by atomic mass is 16.1.